The molecule has 0 heterocycles. The average molecular weight is 157 g/mol. The minimum absolute atomic E-state index is 0. The predicted molar refractivity (Wildman–Crippen MR) is 43.3 cm³/mol. The molecule has 1 rings (SSSR count). The van der Waals surface area contributed by atoms with Gasteiger partial charge >= 0.3 is 23.1 Å². The molecule has 0 atom stereocenters. The zero-order chi connectivity index (χ0) is 5.11. The molecular formula is C6H9ClMgO. The number of phenols is 1. The van der Waals surface area contributed by atoms with Crippen LogP contribution in [0.4, 0.5) is 0 Å². The first-order valence-electron chi connectivity index (χ1n) is 2.13. The van der Waals surface area contributed by atoms with Crippen molar-refractivity contribution in [3.8, 4) is 5.75 Å². The third kappa shape index (κ3) is 4.57. The molecule has 1 N–H and O–H groups in total. The molecule has 3 heteroatoms. The van der Waals surface area contributed by atoms with Crippen molar-refractivity contribution in [3.63, 3.8) is 0 Å². The molecule has 0 radical (unpaired) electrons. The van der Waals surface area contributed by atoms with Crippen LogP contribution in [-0.2, 0) is 0 Å². The molecule has 0 saturated carbocycles. The fourth-order valence-corrected chi connectivity index (χ4v) is 0.428. The normalized spacial score (nSPS) is 6.67. The molecule has 0 aliphatic heterocycles. The predicted octanol–water partition coefficient (Wildman–Crippen LogP) is 1.66. The maximum Gasteiger partial charge on any atom is 2.00 e. The molecule has 48 valence electrons. The second-order valence-corrected chi connectivity index (χ2v) is 1.34. The van der Waals surface area contributed by atoms with E-state index in [9.17, 15) is 0 Å². The molecular weight excluding hydrogens is 148 g/mol. The quantitative estimate of drug-likeness (QED) is 0.567. The molecule has 1 aromatic rings. The Morgan fingerprint density at radius 3 is 1.78 bits per heavy atom. The Balaban J connectivity index is -0.0000000612. The molecule has 1 nitrogen and oxygen atoms in total. The fraction of sp³-hybridized carbons (Fsp3) is 0. The second kappa shape index (κ2) is 6.20. The standard InChI is InChI=1S/C6H6O.ClH.Mg.2H/c7-6-4-2-1-3-5-6;;;;/h1-5,7H;1H;;;/q;;+2;2*-1. The number of aromatic hydroxyl groups is 1. The van der Waals surface area contributed by atoms with Crippen molar-refractivity contribution in [2.75, 3.05) is 0 Å². The van der Waals surface area contributed by atoms with E-state index in [4.69, 9.17) is 5.11 Å². The van der Waals surface area contributed by atoms with Gasteiger partial charge in [-0.3, -0.25) is 0 Å². The van der Waals surface area contributed by atoms with Crippen molar-refractivity contribution >= 4 is 35.5 Å². The monoisotopic (exact) mass is 156 g/mol. The van der Waals surface area contributed by atoms with E-state index in [2.05, 4.69) is 0 Å². The first kappa shape index (κ1) is 11.8. The largest absolute Gasteiger partial charge is 2.00 e. The topological polar surface area (TPSA) is 20.2 Å². The van der Waals surface area contributed by atoms with E-state index in [-0.39, 0.29) is 38.3 Å². The van der Waals surface area contributed by atoms with Crippen molar-refractivity contribution in [2.24, 2.45) is 0 Å². The van der Waals surface area contributed by atoms with Gasteiger partial charge in [-0.1, -0.05) is 18.2 Å². The molecule has 0 aliphatic rings. The van der Waals surface area contributed by atoms with E-state index in [1.807, 2.05) is 6.07 Å². The third-order valence-corrected chi connectivity index (χ3v) is 0.756. The van der Waals surface area contributed by atoms with Gasteiger partial charge in [-0.05, 0) is 12.1 Å². The molecule has 0 bridgehead atoms. The smallest absolute Gasteiger partial charge is 1.00 e. The Labute approximate surface area is 79.6 Å². The van der Waals surface area contributed by atoms with Gasteiger partial charge in [0.1, 0.15) is 5.75 Å². The molecule has 0 saturated heterocycles. The molecule has 0 unspecified atom stereocenters. The van der Waals surface area contributed by atoms with Gasteiger partial charge in [0.2, 0.25) is 0 Å². The third-order valence-electron chi connectivity index (χ3n) is 0.756. The molecule has 1 aromatic carbocycles. The second-order valence-electron chi connectivity index (χ2n) is 1.34. The SMILES string of the molecule is Cl.Oc1ccccc1.[H-].[H-].[Mg+2]. The number of para-hydroxylation sites is 1. The first-order chi connectivity index (χ1) is 3.39. The number of benzene rings is 1. The van der Waals surface area contributed by atoms with Crippen molar-refractivity contribution in [3.05, 3.63) is 30.3 Å². The van der Waals surface area contributed by atoms with E-state index in [1.54, 1.807) is 24.3 Å². The molecule has 0 fully saturated rings. The molecule has 0 aromatic heterocycles. The summed E-state index contributed by atoms with van der Waals surface area (Å²) < 4.78 is 0. The van der Waals surface area contributed by atoms with E-state index in [0.29, 0.717) is 5.75 Å². The van der Waals surface area contributed by atoms with Gasteiger partial charge in [0.15, 0.2) is 0 Å². The van der Waals surface area contributed by atoms with Gasteiger partial charge in [-0.2, -0.15) is 0 Å². The van der Waals surface area contributed by atoms with Crippen LogP contribution in [0.3, 0.4) is 0 Å². The van der Waals surface area contributed by atoms with Crippen LogP contribution in [0.15, 0.2) is 30.3 Å². The first-order valence-corrected chi connectivity index (χ1v) is 2.13. The van der Waals surface area contributed by atoms with Crippen LogP contribution in [0.5, 0.6) is 5.75 Å². The Morgan fingerprint density at radius 1 is 1.11 bits per heavy atom. The zero-order valence-corrected chi connectivity index (χ0v) is 7.18. The van der Waals surface area contributed by atoms with Crippen molar-refractivity contribution < 1.29 is 7.96 Å². The summed E-state index contributed by atoms with van der Waals surface area (Å²) in [6, 6.07) is 8.71. The van der Waals surface area contributed by atoms with Crippen LogP contribution in [0.1, 0.15) is 2.85 Å². The van der Waals surface area contributed by atoms with Gasteiger partial charge in [-0.25, -0.2) is 0 Å². The Kier molecular flexibility index (Phi) is 8.14. The minimum Gasteiger partial charge on any atom is -1.00 e. The number of hydrogen-bond acceptors (Lipinski definition) is 1. The van der Waals surface area contributed by atoms with Gasteiger partial charge in [0, 0.05) is 0 Å². The van der Waals surface area contributed by atoms with E-state index in [1.165, 1.54) is 0 Å². The minimum atomic E-state index is 0. The molecule has 0 aliphatic carbocycles. The van der Waals surface area contributed by atoms with Crippen molar-refractivity contribution in [2.45, 2.75) is 0 Å². The Bertz CT molecular complexity index is 151. The maximum absolute atomic E-state index is 8.63. The van der Waals surface area contributed by atoms with E-state index >= 15 is 0 Å². The summed E-state index contributed by atoms with van der Waals surface area (Å²) in [6.07, 6.45) is 0. The average Bonchev–Trinajstić information content (AvgIpc) is 1.69. The van der Waals surface area contributed by atoms with Gasteiger partial charge in [0.05, 0.1) is 0 Å². The molecule has 9 heavy (non-hydrogen) atoms. The number of halogens is 1. The van der Waals surface area contributed by atoms with Crippen LogP contribution in [0.25, 0.3) is 0 Å². The van der Waals surface area contributed by atoms with Crippen molar-refractivity contribution in [1.29, 1.82) is 0 Å². The van der Waals surface area contributed by atoms with Crippen LogP contribution < -0.4 is 0 Å². The summed E-state index contributed by atoms with van der Waals surface area (Å²) in [7, 11) is 0. The Morgan fingerprint density at radius 2 is 1.56 bits per heavy atom. The fourth-order valence-electron chi connectivity index (χ4n) is 0.428. The summed E-state index contributed by atoms with van der Waals surface area (Å²) in [4.78, 5) is 0. The summed E-state index contributed by atoms with van der Waals surface area (Å²) in [5, 5.41) is 8.63. The zero-order valence-electron chi connectivity index (χ0n) is 6.95. The van der Waals surface area contributed by atoms with Crippen LogP contribution in [-0.4, -0.2) is 28.2 Å². The molecule has 0 spiro atoms. The summed E-state index contributed by atoms with van der Waals surface area (Å²) in [5.74, 6) is 0.322. The van der Waals surface area contributed by atoms with Gasteiger partial charge in [0.25, 0.3) is 0 Å². The van der Waals surface area contributed by atoms with E-state index in [0.717, 1.165) is 0 Å². The number of hydrogen-bond donors (Lipinski definition) is 1. The maximum atomic E-state index is 8.63. The number of phenolic OH excluding ortho intramolecular Hbond substituents is 1. The van der Waals surface area contributed by atoms with Crippen LogP contribution >= 0.6 is 12.4 Å². The van der Waals surface area contributed by atoms with Crippen LogP contribution in [0.2, 0.25) is 0 Å². The van der Waals surface area contributed by atoms with Crippen LogP contribution in [0, 0.1) is 0 Å². The molecule has 0 amide bonds. The summed E-state index contributed by atoms with van der Waals surface area (Å²) in [6.45, 7) is 0. The number of rotatable bonds is 0. The van der Waals surface area contributed by atoms with Crippen molar-refractivity contribution in [1.82, 2.24) is 0 Å². The van der Waals surface area contributed by atoms with Gasteiger partial charge < -0.3 is 7.96 Å². The van der Waals surface area contributed by atoms with E-state index < -0.39 is 0 Å². The Hall–Kier alpha value is 0.0762. The summed E-state index contributed by atoms with van der Waals surface area (Å²) in [5.41, 5.74) is 0. The van der Waals surface area contributed by atoms with Gasteiger partial charge in [-0.15, -0.1) is 12.4 Å². The summed E-state index contributed by atoms with van der Waals surface area (Å²) >= 11 is 0.